The maximum absolute atomic E-state index is 12.7. The van der Waals surface area contributed by atoms with Crippen molar-refractivity contribution in [3.63, 3.8) is 0 Å². The summed E-state index contributed by atoms with van der Waals surface area (Å²) in [7, 11) is 1.78. The van der Waals surface area contributed by atoms with E-state index in [9.17, 15) is 9.90 Å². The molecule has 0 fully saturated rings. The number of carbonyl (C=O) groups is 1. The van der Waals surface area contributed by atoms with E-state index in [1.807, 2.05) is 60.7 Å². The Kier molecular flexibility index (Phi) is 5.24. The lowest BCUT2D eigenvalue weighted by Crippen LogP contribution is -2.35. The fraction of sp³-hybridized carbons (Fsp3) is 0.0500. The Morgan fingerprint density at radius 1 is 1.00 bits per heavy atom. The second-order valence-electron chi connectivity index (χ2n) is 5.60. The number of hydrogen-bond donors (Lipinski definition) is 2. The van der Waals surface area contributed by atoms with Crippen molar-refractivity contribution in [3.05, 3.63) is 84.7 Å². The molecular weight excluding hydrogens is 328 g/mol. The monoisotopic (exact) mass is 347 g/mol. The zero-order valence-corrected chi connectivity index (χ0v) is 14.3. The van der Waals surface area contributed by atoms with Crippen molar-refractivity contribution < 1.29 is 14.5 Å². The normalized spacial score (nSPS) is 10.7. The summed E-state index contributed by atoms with van der Waals surface area (Å²) in [4.78, 5) is 14.3. The molecule has 0 aliphatic rings. The number of hydrazone groups is 1. The molecule has 0 aliphatic carbocycles. The van der Waals surface area contributed by atoms with Crippen molar-refractivity contribution in [3.8, 4) is 5.75 Å². The van der Waals surface area contributed by atoms with Gasteiger partial charge < -0.3 is 5.11 Å². The van der Waals surface area contributed by atoms with Crippen LogP contribution in [0.2, 0.25) is 0 Å². The average Bonchev–Trinajstić information content (AvgIpc) is 2.65. The Bertz CT molecular complexity index is 872. The van der Waals surface area contributed by atoms with Gasteiger partial charge in [-0.1, -0.05) is 36.4 Å². The van der Waals surface area contributed by atoms with Crippen LogP contribution in [0, 0.1) is 0 Å². The van der Waals surface area contributed by atoms with Gasteiger partial charge in [0.15, 0.2) is 5.75 Å². The van der Waals surface area contributed by atoms with Crippen LogP contribution in [0.5, 0.6) is 5.75 Å². The van der Waals surface area contributed by atoms with Gasteiger partial charge in [0.05, 0.1) is 11.4 Å². The van der Waals surface area contributed by atoms with E-state index >= 15 is 0 Å². The lowest BCUT2D eigenvalue weighted by molar-refractivity contribution is -0.672. The largest absolute Gasteiger partial charge is 0.503 e. The van der Waals surface area contributed by atoms with E-state index in [1.165, 1.54) is 6.21 Å². The van der Waals surface area contributed by atoms with Crippen LogP contribution in [0.1, 0.15) is 5.69 Å². The molecule has 0 atom stereocenters. The molecule has 0 unspecified atom stereocenters. The molecular formula is C20H19N4O2+. The van der Waals surface area contributed by atoms with E-state index in [1.54, 1.807) is 34.8 Å². The molecule has 2 aromatic carbocycles. The summed E-state index contributed by atoms with van der Waals surface area (Å²) >= 11 is 0. The summed E-state index contributed by atoms with van der Waals surface area (Å²) in [6.07, 6.45) is 3.08. The molecule has 3 rings (SSSR count). The van der Waals surface area contributed by atoms with Crippen LogP contribution in [0.15, 0.2) is 84.1 Å². The first kappa shape index (κ1) is 17.2. The van der Waals surface area contributed by atoms with Crippen LogP contribution >= 0.6 is 0 Å². The zero-order chi connectivity index (χ0) is 18.4. The Morgan fingerprint density at radius 2 is 1.58 bits per heavy atom. The van der Waals surface area contributed by atoms with Gasteiger partial charge in [0.2, 0.25) is 11.9 Å². The molecule has 0 saturated carbocycles. The van der Waals surface area contributed by atoms with E-state index in [0.29, 0.717) is 0 Å². The fourth-order valence-electron chi connectivity index (χ4n) is 2.48. The number of benzene rings is 2. The topological polar surface area (TPSA) is 68.8 Å². The van der Waals surface area contributed by atoms with Gasteiger partial charge in [0.25, 0.3) is 0 Å². The number of aromatic hydroxyl groups is 1. The van der Waals surface area contributed by atoms with Crippen LogP contribution in [0.4, 0.5) is 16.2 Å². The maximum Gasteiger partial charge on any atom is 0.346 e. The summed E-state index contributed by atoms with van der Waals surface area (Å²) in [5.41, 5.74) is 4.76. The van der Waals surface area contributed by atoms with E-state index in [-0.39, 0.29) is 11.8 Å². The number of hydrogen-bond acceptors (Lipinski definition) is 3. The molecule has 6 nitrogen and oxygen atoms in total. The lowest BCUT2D eigenvalue weighted by atomic mass is 10.2. The number of anilines is 2. The van der Waals surface area contributed by atoms with E-state index in [0.717, 1.165) is 17.1 Å². The number of aromatic nitrogens is 1. The molecule has 1 aromatic heterocycles. The third-order valence-corrected chi connectivity index (χ3v) is 3.75. The quantitative estimate of drug-likeness (QED) is 0.433. The molecule has 2 N–H and O–H groups in total. The molecule has 1 heterocycles. The summed E-state index contributed by atoms with van der Waals surface area (Å²) in [6.45, 7) is 0. The molecule has 0 saturated heterocycles. The van der Waals surface area contributed by atoms with Crippen molar-refractivity contribution in [1.29, 1.82) is 0 Å². The first-order valence-corrected chi connectivity index (χ1v) is 8.07. The first-order chi connectivity index (χ1) is 12.6. The summed E-state index contributed by atoms with van der Waals surface area (Å²) in [5, 5.41) is 13.5. The van der Waals surface area contributed by atoms with Crippen LogP contribution in [-0.2, 0) is 7.05 Å². The van der Waals surface area contributed by atoms with Gasteiger partial charge >= 0.3 is 6.03 Å². The van der Waals surface area contributed by atoms with Gasteiger partial charge in [-0.05, 0) is 30.3 Å². The highest BCUT2D eigenvalue weighted by atomic mass is 16.3. The SMILES string of the molecule is C[n+]1cc(O)ccc1/C=N/NC(=O)N(c1ccccc1)c1ccccc1. The van der Waals surface area contributed by atoms with Crippen LogP contribution in [-0.4, -0.2) is 17.4 Å². The van der Waals surface area contributed by atoms with E-state index in [4.69, 9.17) is 0 Å². The van der Waals surface area contributed by atoms with Crippen molar-refractivity contribution >= 4 is 23.6 Å². The lowest BCUT2D eigenvalue weighted by Gasteiger charge is -2.22. The molecule has 0 radical (unpaired) electrons. The Morgan fingerprint density at radius 3 is 2.12 bits per heavy atom. The van der Waals surface area contributed by atoms with Gasteiger partial charge in [0, 0.05) is 6.07 Å². The van der Waals surface area contributed by atoms with Gasteiger partial charge in [0.1, 0.15) is 13.3 Å². The molecule has 130 valence electrons. The van der Waals surface area contributed by atoms with Crippen molar-refractivity contribution in [2.24, 2.45) is 12.1 Å². The van der Waals surface area contributed by atoms with Crippen LogP contribution in [0.25, 0.3) is 0 Å². The number of rotatable bonds is 4. The van der Waals surface area contributed by atoms with Gasteiger partial charge in [-0.3, -0.25) is 4.90 Å². The van der Waals surface area contributed by atoms with Gasteiger partial charge in [-0.15, -0.1) is 0 Å². The van der Waals surface area contributed by atoms with Crippen molar-refractivity contribution in [2.75, 3.05) is 4.90 Å². The molecule has 6 heteroatoms. The zero-order valence-electron chi connectivity index (χ0n) is 14.3. The summed E-state index contributed by atoms with van der Waals surface area (Å²) in [6, 6.07) is 21.6. The molecule has 2 amide bonds. The van der Waals surface area contributed by atoms with Crippen molar-refractivity contribution in [1.82, 2.24) is 5.43 Å². The highest BCUT2D eigenvalue weighted by Gasteiger charge is 2.17. The van der Waals surface area contributed by atoms with Gasteiger partial charge in [-0.25, -0.2) is 10.2 Å². The minimum Gasteiger partial charge on any atom is -0.503 e. The highest BCUT2D eigenvalue weighted by molar-refractivity contribution is 5.99. The summed E-state index contributed by atoms with van der Waals surface area (Å²) < 4.78 is 1.71. The number of nitrogens with zero attached hydrogens (tertiary/aromatic N) is 3. The molecule has 0 bridgehead atoms. The Hall–Kier alpha value is -3.67. The Labute approximate surface area is 151 Å². The third-order valence-electron chi connectivity index (χ3n) is 3.75. The number of carbonyl (C=O) groups excluding carboxylic acids is 1. The number of pyridine rings is 1. The second-order valence-corrected chi connectivity index (χ2v) is 5.60. The number of nitrogens with one attached hydrogen (secondary N) is 1. The number of amides is 2. The number of urea groups is 1. The van der Waals surface area contributed by atoms with Crippen LogP contribution < -0.4 is 14.9 Å². The molecule has 3 aromatic rings. The van der Waals surface area contributed by atoms with Gasteiger partial charge in [-0.2, -0.15) is 9.67 Å². The fourth-order valence-corrected chi connectivity index (χ4v) is 2.48. The first-order valence-electron chi connectivity index (χ1n) is 8.07. The predicted octanol–water partition coefficient (Wildman–Crippen LogP) is 3.10. The molecule has 26 heavy (non-hydrogen) atoms. The van der Waals surface area contributed by atoms with E-state index < -0.39 is 0 Å². The number of aryl methyl sites for hydroxylation is 1. The maximum atomic E-state index is 12.7. The van der Waals surface area contributed by atoms with E-state index in [2.05, 4.69) is 10.5 Å². The predicted molar refractivity (Wildman–Crippen MR) is 100 cm³/mol. The minimum absolute atomic E-state index is 0.160. The number of para-hydroxylation sites is 2. The third kappa shape index (κ3) is 4.05. The average molecular weight is 347 g/mol. The second kappa shape index (κ2) is 7.94. The Balaban J connectivity index is 1.81. The summed E-state index contributed by atoms with van der Waals surface area (Å²) in [5.74, 6) is 0.160. The standard InChI is InChI=1S/C20H18N4O2/c1-23-15-19(25)13-12-18(23)14-21-22-20(26)24(16-8-4-2-5-9-16)17-10-6-3-7-11-17/h2-15,25H,1H3/p+1. The molecule has 0 spiro atoms. The van der Waals surface area contributed by atoms with Crippen molar-refractivity contribution in [2.45, 2.75) is 0 Å². The smallest absolute Gasteiger partial charge is 0.346 e. The molecule has 0 aliphatic heterocycles. The minimum atomic E-state index is -0.375. The van der Waals surface area contributed by atoms with Crippen LogP contribution in [0.3, 0.4) is 0 Å². The highest BCUT2D eigenvalue weighted by Crippen LogP contribution is 2.24.